The Bertz CT molecular complexity index is 546. The molecule has 4 heteroatoms. The predicted molar refractivity (Wildman–Crippen MR) is 62.3 cm³/mol. The van der Waals surface area contributed by atoms with Crippen molar-refractivity contribution in [3.8, 4) is 5.75 Å². The summed E-state index contributed by atoms with van der Waals surface area (Å²) in [6.45, 7) is 0.717. The third-order valence-electron chi connectivity index (χ3n) is 2.73. The van der Waals surface area contributed by atoms with Crippen LogP contribution in [0.4, 0.5) is 5.69 Å². The zero-order valence-electron chi connectivity index (χ0n) is 9.10. The molecule has 17 heavy (non-hydrogen) atoms. The third-order valence-corrected chi connectivity index (χ3v) is 2.73. The molecule has 0 saturated carbocycles. The summed E-state index contributed by atoms with van der Waals surface area (Å²) in [6, 6.07) is 7.29. The largest absolute Gasteiger partial charge is 0.493 e. The van der Waals surface area contributed by atoms with Gasteiger partial charge in [0.05, 0.1) is 18.4 Å². The number of nitrogens with one attached hydrogen (secondary N) is 1. The summed E-state index contributed by atoms with van der Waals surface area (Å²) < 4.78 is 10.3. The minimum atomic E-state index is -0.169. The standard InChI is InChI=1S/C13H11NO3/c15-13(10-3-5-16-8-10)14-11-1-2-12-9(7-11)4-6-17-12/h1-3,5,7-8H,4,6H2,(H,14,15). The van der Waals surface area contributed by atoms with Crippen molar-refractivity contribution < 1.29 is 13.9 Å². The lowest BCUT2D eigenvalue weighted by atomic mass is 10.1. The fraction of sp³-hybridized carbons (Fsp3) is 0.154. The summed E-state index contributed by atoms with van der Waals surface area (Å²) >= 11 is 0. The number of carbonyl (C=O) groups is 1. The van der Waals surface area contributed by atoms with Gasteiger partial charge in [0.2, 0.25) is 0 Å². The lowest BCUT2D eigenvalue weighted by molar-refractivity contribution is 0.102. The van der Waals surface area contributed by atoms with E-state index in [0.29, 0.717) is 12.2 Å². The first-order valence-corrected chi connectivity index (χ1v) is 5.42. The summed E-state index contributed by atoms with van der Waals surface area (Å²) in [5.41, 5.74) is 2.43. The average Bonchev–Trinajstić information content (AvgIpc) is 2.99. The first kappa shape index (κ1) is 9.96. The molecule has 1 aromatic carbocycles. The number of ether oxygens (including phenoxy) is 1. The Morgan fingerprint density at radius 1 is 1.29 bits per heavy atom. The van der Waals surface area contributed by atoms with Crippen LogP contribution in [0.3, 0.4) is 0 Å². The molecule has 0 unspecified atom stereocenters. The highest BCUT2D eigenvalue weighted by atomic mass is 16.5. The maximum atomic E-state index is 11.8. The molecule has 0 saturated heterocycles. The molecule has 4 nitrogen and oxygen atoms in total. The van der Waals surface area contributed by atoms with E-state index in [9.17, 15) is 4.79 Å². The molecule has 1 aliphatic heterocycles. The fourth-order valence-electron chi connectivity index (χ4n) is 1.86. The van der Waals surface area contributed by atoms with Gasteiger partial charge in [0, 0.05) is 12.1 Å². The summed E-state index contributed by atoms with van der Waals surface area (Å²) in [7, 11) is 0. The first-order chi connectivity index (χ1) is 8.33. The molecule has 0 bridgehead atoms. The minimum Gasteiger partial charge on any atom is -0.493 e. The highest BCUT2D eigenvalue weighted by molar-refractivity contribution is 6.04. The Kier molecular flexibility index (Phi) is 2.33. The van der Waals surface area contributed by atoms with Gasteiger partial charge in [-0.25, -0.2) is 0 Å². The molecule has 3 rings (SSSR count). The van der Waals surface area contributed by atoms with Crippen molar-refractivity contribution in [3.63, 3.8) is 0 Å². The number of hydrogen-bond acceptors (Lipinski definition) is 3. The van der Waals surface area contributed by atoms with Crippen LogP contribution in [-0.2, 0) is 6.42 Å². The quantitative estimate of drug-likeness (QED) is 0.860. The van der Waals surface area contributed by atoms with Crippen LogP contribution in [0.5, 0.6) is 5.75 Å². The molecule has 1 amide bonds. The molecular weight excluding hydrogens is 218 g/mol. The second-order valence-electron chi connectivity index (χ2n) is 3.89. The summed E-state index contributed by atoms with van der Waals surface area (Å²) in [4.78, 5) is 11.8. The van der Waals surface area contributed by atoms with Crippen LogP contribution in [0.1, 0.15) is 15.9 Å². The molecule has 1 aromatic heterocycles. The molecule has 0 radical (unpaired) electrons. The topological polar surface area (TPSA) is 51.5 Å². The van der Waals surface area contributed by atoms with E-state index in [2.05, 4.69) is 5.32 Å². The highest BCUT2D eigenvalue weighted by Gasteiger charge is 2.13. The number of fused-ring (bicyclic) bond motifs is 1. The van der Waals surface area contributed by atoms with Crippen LogP contribution in [-0.4, -0.2) is 12.5 Å². The van der Waals surface area contributed by atoms with Crippen LogP contribution >= 0.6 is 0 Å². The Morgan fingerprint density at radius 3 is 3.06 bits per heavy atom. The zero-order valence-corrected chi connectivity index (χ0v) is 9.10. The van der Waals surface area contributed by atoms with Gasteiger partial charge < -0.3 is 14.5 Å². The van der Waals surface area contributed by atoms with Crippen molar-refractivity contribution in [2.75, 3.05) is 11.9 Å². The van der Waals surface area contributed by atoms with Crippen LogP contribution in [0, 0.1) is 0 Å². The van der Waals surface area contributed by atoms with Crippen LogP contribution in [0.15, 0.2) is 41.2 Å². The van der Waals surface area contributed by atoms with E-state index >= 15 is 0 Å². The highest BCUT2D eigenvalue weighted by Crippen LogP contribution is 2.27. The second-order valence-corrected chi connectivity index (χ2v) is 3.89. The number of carbonyl (C=O) groups excluding carboxylic acids is 1. The van der Waals surface area contributed by atoms with Gasteiger partial charge in [0.15, 0.2) is 0 Å². The maximum absolute atomic E-state index is 11.8. The molecule has 0 fully saturated rings. The van der Waals surface area contributed by atoms with Gasteiger partial charge in [0.25, 0.3) is 5.91 Å². The summed E-state index contributed by atoms with van der Waals surface area (Å²) in [5, 5.41) is 2.82. The number of furan rings is 1. The second kappa shape index (κ2) is 3.97. The molecule has 0 atom stereocenters. The number of hydrogen-bond donors (Lipinski definition) is 1. The smallest absolute Gasteiger partial charge is 0.258 e. The van der Waals surface area contributed by atoms with E-state index in [1.807, 2.05) is 18.2 Å². The maximum Gasteiger partial charge on any atom is 0.258 e. The van der Waals surface area contributed by atoms with Crippen molar-refractivity contribution in [2.24, 2.45) is 0 Å². The Hall–Kier alpha value is -2.23. The molecule has 0 spiro atoms. The van der Waals surface area contributed by atoms with Crippen molar-refractivity contribution in [1.29, 1.82) is 0 Å². The van der Waals surface area contributed by atoms with Crippen molar-refractivity contribution in [2.45, 2.75) is 6.42 Å². The van der Waals surface area contributed by atoms with Gasteiger partial charge in [-0.3, -0.25) is 4.79 Å². The zero-order chi connectivity index (χ0) is 11.7. The molecule has 1 aliphatic rings. The van der Waals surface area contributed by atoms with E-state index in [1.165, 1.54) is 12.5 Å². The molecule has 1 N–H and O–H groups in total. The van der Waals surface area contributed by atoms with Gasteiger partial charge in [-0.1, -0.05) is 0 Å². The summed E-state index contributed by atoms with van der Waals surface area (Å²) in [6.07, 6.45) is 3.79. The molecule has 2 aromatic rings. The van der Waals surface area contributed by atoms with Gasteiger partial charge in [-0.2, -0.15) is 0 Å². The van der Waals surface area contributed by atoms with E-state index in [4.69, 9.17) is 9.15 Å². The molecule has 86 valence electrons. The number of benzene rings is 1. The van der Waals surface area contributed by atoms with Crippen LogP contribution < -0.4 is 10.1 Å². The van der Waals surface area contributed by atoms with E-state index in [-0.39, 0.29) is 5.91 Å². The van der Waals surface area contributed by atoms with Crippen LogP contribution in [0.2, 0.25) is 0 Å². The van der Waals surface area contributed by atoms with Gasteiger partial charge in [0.1, 0.15) is 12.0 Å². The Morgan fingerprint density at radius 2 is 2.24 bits per heavy atom. The summed E-state index contributed by atoms with van der Waals surface area (Å²) in [5.74, 6) is 0.740. The average molecular weight is 229 g/mol. The number of rotatable bonds is 2. The lowest BCUT2D eigenvalue weighted by Crippen LogP contribution is -2.10. The number of anilines is 1. The molecule has 2 heterocycles. The van der Waals surface area contributed by atoms with Gasteiger partial charge in [-0.15, -0.1) is 0 Å². The van der Waals surface area contributed by atoms with E-state index < -0.39 is 0 Å². The van der Waals surface area contributed by atoms with Crippen molar-refractivity contribution in [1.82, 2.24) is 0 Å². The van der Waals surface area contributed by atoms with Crippen molar-refractivity contribution in [3.05, 3.63) is 47.9 Å². The number of amides is 1. The lowest BCUT2D eigenvalue weighted by Gasteiger charge is -2.05. The Labute approximate surface area is 98.2 Å². The van der Waals surface area contributed by atoms with Crippen molar-refractivity contribution >= 4 is 11.6 Å². The van der Waals surface area contributed by atoms with E-state index in [1.54, 1.807) is 6.07 Å². The molecule has 0 aliphatic carbocycles. The van der Waals surface area contributed by atoms with Gasteiger partial charge in [-0.05, 0) is 29.8 Å². The predicted octanol–water partition coefficient (Wildman–Crippen LogP) is 2.47. The SMILES string of the molecule is O=C(Nc1ccc2c(c1)CCO2)c1ccoc1. The Balaban J connectivity index is 1.80. The van der Waals surface area contributed by atoms with E-state index in [0.717, 1.165) is 23.4 Å². The monoisotopic (exact) mass is 229 g/mol. The van der Waals surface area contributed by atoms with Crippen LogP contribution in [0.25, 0.3) is 0 Å². The van der Waals surface area contributed by atoms with Gasteiger partial charge >= 0.3 is 0 Å². The fourth-order valence-corrected chi connectivity index (χ4v) is 1.86. The molecular formula is C13H11NO3. The minimum absolute atomic E-state index is 0.169. The normalized spacial score (nSPS) is 12.9. The first-order valence-electron chi connectivity index (χ1n) is 5.42. The third kappa shape index (κ3) is 1.89.